The van der Waals surface area contributed by atoms with Crippen LogP contribution in [-0.4, -0.2) is 49.2 Å². The van der Waals surface area contributed by atoms with Crippen molar-refractivity contribution in [3.63, 3.8) is 0 Å². The van der Waals surface area contributed by atoms with Crippen LogP contribution in [0.5, 0.6) is 0 Å². The summed E-state index contributed by atoms with van der Waals surface area (Å²) < 4.78 is 0. The van der Waals surface area contributed by atoms with Crippen LogP contribution in [0.1, 0.15) is 23.6 Å². The van der Waals surface area contributed by atoms with Crippen molar-refractivity contribution in [3.8, 4) is 12.1 Å². The largest absolute Gasteiger partial charge is 0.353 e. The quantitative estimate of drug-likeness (QED) is 0.864. The molecular weight excluding hydrogens is 264 g/mol. The Morgan fingerprint density at radius 2 is 1.95 bits per heavy atom. The molecule has 2 N–H and O–H groups in total. The molecule has 0 spiro atoms. The van der Waals surface area contributed by atoms with Crippen molar-refractivity contribution in [1.29, 1.82) is 10.5 Å². The lowest BCUT2D eigenvalue weighted by Crippen LogP contribution is -2.48. The fourth-order valence-electron chi connectivity index (χ4n) is 2.72. The van der Waals surface area contributed by atoms with Gasteiger partial charge in [-0.2, -0.15) is 10.5 Å². The highest BCUT2D eigenvalue weighted by atomic mass is 15.3. The molecule has 1 saturated heterocycles. The van der Waals surface area contributed by atoms with E-state index in [0.717, 1.165) is 38.3 Å². The van der Waals surface area contributed by atoms with Gasteiger partial charge in [0.2, 0.25) is 0 Å². The van der Waals surface area contributed by atoms with Crippen molar-refractivity contribution in [1.82, 2.24) is 9.88 Å². The van der Waals surface area contributed by atoms with Gasteiger partial charge in [0.15, 0.2) is 0 Å². The third-order valence-corrected chi connectivity index (χ3v) is 3.87. The van der Waals surface area contributed by atoms with Gasteiger partial charge in [0.25, 0.3) is 0 Å². The van der Waals surface area contributed by atoms with E-state index in [1.807, 2.05) is 6.92 Å². The first-order valence-corrected chi connectivity index (χ1v) is 7.24. The van der Waals surface area contributed by atoms with Gasteiger partial charge in [-0.1, -0.05) is 6.92 Å². The van der Waals surface area contributed by atoms with Crippen LogP contribution in [0.2, 0.25) is 0 Å². The minimum atomic E-state index is 0.500. The first-order chi connectivity index (χ1) is 10.2. The predicted molar refractivity (Wildman–Crippen MR) is 80.8 cm³/mol. The van der Waals surface area contributed by atoms with E-state index in [9.17, 15) is 5.26 Å². The van der Waals surface area contributed by atoms with E-state index in [1.54, 1.807) is 6.20 Å². The zero-order valence-electron chi connectivity index (χ0n) is 12.3. The Labute approximate surface area is 125 Å². The summed E-state index contributed by atoms with van der Waals surface area (Å²) in [5, 5.41) is 18.6. The number of nitrogens with zero attached hydrogens (tertiary/aromatic N) is 5. The van der Waals surface area contributed by atoms with Crippen LogP contribution in [0.15, 0.2) is 6.20 Å². The number of pyridine rings is 1. The zero-order valence-corrected chi connectivity index (χ0v) is 12.3. The van der Waals surface area contributed by atoms with E-state index in [2.05, 4.69) is 26.9 Å². The van der Waals surface area contributed by atoms with Gasteiger partial charge in [0, 0.05) is 45.5 Å². The molecule has 1 aromatic heterocycles. The summed E-state index contributed by atoms with van der Waals surface area (Å²) in [6.07, 6.45) is 2.25. The molecule has 6 heteroatoms. The average Bonchev–Trinajstić information content (AvgIpc) is 2.54. The summed E-state index contributed by atoms with van der Waals surface area (Å²) in [6, 6.07) is 4.36. The molecule has 0 saturated carbocycles. The lowest BCUT2D eigenvalue weighted by Gasteiger charge is -2.35. The highest BCUT2D eigenvalue weighted by Crippen LogP contribution is 2.24. The number of hydrogen-bond donors (Lipinski definition) is 1. The van der Waals surface area contributed by atoms with E-state index in [4.69, 9.17) is 11.0 Å². The summed E-state index contributed by atoms with van der Waals surface area (Å²) in [7, 11) is 0. The molecule has 6 nitrogen and oxygen atoms in total. The molecule has 0 unspecified atom stereocenters. The van der Waals surface area contributed by atoms with Gasteiger partial charge in [0.05, 0.1) is 11.1 Å². The fourth-order valence-corrected chi connectivity index (χ4v) is 2.72. The third kappa shape index (κ3) is 3.13. The molecule has 21 heavy (non-hydrogen) atoms. The number of rotatable bonds is 4. The molecule has 2 rings (SSSR count). The third-order valence-electron chi connectivity index (χ3n) is 3.87. The standard InChI is InChI=1S/C15H20N6/c1-2-13-12(9-17)11-19-15(14(13)10-18)21-7-5-20(4-3-16)6-8-21/h11H,2-8,16H2,1H3. The minimum absolute atomic E-state index is 0.500. The molecule has 1 aliphatic rings. The minimum Gasteiger partial charge on any atom is -0.353 e. The van der Waals surface area contributed by atoms with Gasteiger partial charge in [0.1, 0.15) is 18.0 Å². The second-order valence-corrected chi connectivity index (χ2v) is 5.04. The SMILES string of the molecule is CCc1c(C#N)cnc(N2CCN(CCN)CC2)c1C#N. The second-order valence-electron chi connectivity index (χ2n) is 5.04. The van der Waals surface area contributed by atoms with Crippen LogP contribution >= 0.6 is 0 Å². The first-order valence-electron chi connectivity index (χ1n) is 7.24. The smallest absolute Gasteiger partial charge is 0.146 e. The Kier molecular flexibility index (Phi) is 5.10. The second kappa shape index (κ2) is 7.03. The maximum atomic E-state index is 9.46. The molecule has 0 aliphatic carbocycles. The Hall–Kier alpha value is -2.15. The Morgan fingerprint density at radius 1 is 1.24 bits per heavy atom. The van der Waals surface area contributed by atoms with E-state index >= 15 is 0 Å². The summed E-state index contributed by atoms with van der Waals surface area (Å²) in [6.45, 7) is 7.03. The van der Waals surface area contributed by atoms with Crippen molar-refractivity contribution in [2.75, 3.05) is 44.2 Å². The van der Waals surface area contributed by atoms with E-state index in [1.165, 1.54) is 0 Å². The number of aromatic nitrogens is 1. The van der Waals surface area contributed by atoms with Crippen LogP contribution in [0.4, 0.5) is 5.82 Å². The Bertz CT molecular complexity index is 575. The van der Waals surface area contributed by atoms with Crippen LogP contribution < -0.4 is 10.6 Å². The summed E-state index contributed by atoms with van der Waals surface area (Å²) >= 11 is 0. The van der Waals surface area contributed by atoms with Gasteiger partial charge >= 0.3 is 0 Å². The topological polar surface area (TPSA) is 93.0 Å². The average molecular weight is 284 g/mol. The van der Waals surface area contributed by atoms with Crippen molar-refractivity contribution in [3.05, 3.63) is 22.9 Å². The van der Waals surface area contributed by atoms with Crippen LogP contribution in [-0.2, 0) is 6.42 Å². The van der Waals surface area contributed by atoms with Gasteiger partial charge in [-0.25, -0.2) is 4.98 Å². The Morgan fingerprint density at radius 3 is 2.48 bits per heavy atom. The molecular formula is C15H20N6. The van der Waals surface area contributed by atoms with Gasteiger partial charge < -0.3 is 10.6 Å². The van der Waals surface area contributed by atoms with Crippen molar-refractivity contribution >= 4 is 5.82 Å². The monoisotopic (exact) mass is 284 g/mol. The molecule has 1 fully saturated rings. The predicted octanol–water partition coefficient (Wildman–Crippen LogP) is 0.468. The molecule has 1 aromatic rings. The maximum absolute atomic E-state index is 9.46. The highest BCUT2D eigenvalue weighted by molar-refractivity contribution is 5.61. The van der Waals surface area contributed by atoms with Crippen LogP contribution in [0.25, 0.3) is 0 Å². The number of nitrogens with two attached hydrogens (primary N) is 1. The van der Waals surface area contributed by atoms with E-state index in [-0.39, 0.29) is 0 Å². The molecule has 0 atom stereocenters. The first kappa shape index (κ1) is 15.2. The molecule has 0 bridgehead atoms. The molecule has 1 aliphatic heterocycles. The zero-order chi connectivity index (χ0) is 15.2. The lowest BCUT2D eigenvalue weighted by molar-refractivity contribution is 0.264. The molecule has 0 aromatic carbocycles. The molecule has 2 heterocycles. The fraction of sp³-hybridized carbons (Fsp3) is 0.533. The number of hydrogen-bond acceptors (Lipinski definition) is 6. The van der Waals surface area contributed by atoms with Crippen molar-refractivity contribution in [2.24, 2.45) is 5.73 Å². The van der Waals surface area contributed by atoms with E-state index in [0.29, 0.717) is 29.9 Å². The van der Waals surface area contributed by atoms with Gasteiger partial charge in [-0.05, 0) is 12.0 Å². The molecule has 0 radical (unpaired) electrons. The summed E-state index contributed by atoms with van der Waals surface area (Å²) in [5.74, 6) is 0.709. The lowest BCUT2D eigenvalue weighted by atomic mass is 10.0. The number of piperazine rings is 1. The van der Waals surface area contributed by atoms with E-state index < -0.39 is 0 Å². The van der Waals surface area contributed by atoms with Crippen LogP contribution in [0, 0.1) is 22.7 Å². The highest BCUT2D eigenvalue weighted by Gasteiger charge is 2.22. The number of anilines is 1. The molecule has 0 amide bonds. The number of nitriles is 2. The van der Waals surface area contributed by atoms with Crippen LogP contribution in [0.3, 0.4) is 0 Å². The van der Waals surface area contributed by atoms with Gasteiger partial charge in [-0.15, -0.1) is 0 Å². The van der Waals surface area contributed by atoms with Crippen molar-refractivity contribution in [2.45, 2.75) is 13.3 Å². The summed E-state index contributed by atoms with van der Waals surface area (Å²) in [5.41, 5.74) is 7.42. The van der Waals surface area contributed by atoms with Crippen molar-refractivity contribution < 1.29 is 0 Å². The molecule has 110 valence electrons. The Balaban J connectivity index is 2.26. The van der Waals surface area contributed by atoms with Gasteiger partial charge in [-0.3, -0.25) is 4.90 Å². The summed E-state index contributed by atoms with van der Waals surface area (Å²) in [4.78, 5) is 8.80. The maximum Gasteiger partial charge on any atom is 0.146 e. The normalized spacial score (nSPS) is 15.5.